The molecule has 156 valence electrons. The second-order valence-corrected chi connectivity index (χ2v) is 8.48. The van der Waals surface area contributed by atoms with Gasteiger partial charge in [-0.2, -0.15) is 0 Å². The summed E-state index contributed by atoms with van der Waals surface area (Å²) in [4.78, 5) is 0. The van der Waals surface area contributed by atoms with Crippen LogP contribution in [0.3, 0.4) is 0 Å². The van der Waals surface area contributed by atoms with E-state index in [-0.39, 0.29) is 0 Å². The van der Waals surface area contributed by atoms with Crippen molar-refractivity contribution in [1.82, 2.24) is 0 Å². The Morgan fingerprint density at radius 3 is 1.52 bits per heavy atom. The van der Waals surface area contributed by atoms with Gasteiger partial charge >= 0.3 is 0 Å². The molecular formula is C26H47N. The molecule has 0 aliphatic heterocycles. The third-order valence-electron chi connectivity index (χ3n) is 5.83. The lowest BCUT2D eigenvalue weighted by Crippen LogP contribution is -1.97. The summed E-state index contributed by atoms with van der Waals surface area (Å²) >= 11 is 0. The zero-order valence-electron chi connectivity index (χ0n) is 18.5. The fraction of sp³-hybridized carbons (Fsp3) is 0.769. The van der Waals surface area contributed by atoms with Gasteiger partial charge in [0.15, 0.2) is 0 Å². The molecule has 1 aromatic carbocycles. The Labute approximate surface area is 170 Å². The average molecular weight is 374 g/mol. The van der Waals surface area contributed by atoms with Gasteiger partial charge in [-0.15, -0.1) is 0 Å². The SMILES string of the molecule is CCCCCCCCCCc1ccc(N)c(CCCCCCCCCC)c1. The molecule has 1 heteroatoms. The summed E-state index contributed by atoms with van der Waals surface area (Å²) < 4.78 is 0. The van der Waals surface area contributed by atoms with Gasteiger partial charge < -0.3 is 5.73 Å². The molecule has 1 aromatic rings. The first kappa shape index (κ1) is 24.1. The molecule has 0 atom stereocenters. The second-order valence-electron chi connectivity index (χ2n) is 8.48. The Morgan fingerprint density at radius 1 is 0.556 bits per heavy atom. The van der Waals surface area contributed by atoms with Crippen molar-refractivity contribution in [2.75, 3.05) is 5.73 Å². The first-order chi connectivity index (χ1) is 13.3. The predicted molar refractivity (Wildman–Crippen MR) is 123 cm³/mol. The molecule has 0 saturated heterocycles. The molecule has 0 aliphatic carbocycles. The summed E-state index contributed by atoms with van der Waals surface area (Å²) in [6.07, 6.45) is 24.6. The number of hydrogen-bond acceptors (Lipinski definition) is 1. The minimum Gasteiger partial charge on any atom is -0.399 e. The number of nitrogens with two attached hydrogens (primary N) is 1. The summed E-state index contributed by atoms with van der Waals surface area (Å²) in [5.41, 5.74) is 10.1. The molecule has 0 aromatic heterocycles. The highest BCUT2D eigenvalue weighted by molar-refractivity contribution is 5.48. The van der Waals surface area contributed by atoms with Crippen molar-refractivity contribution in [3.05, 3.63) is 29.3 Å². The lowest BCUT2D eigenvalue weighted by Gasteiger charge is -2.09. The van der Waals surface area contributed by atoms with E-state index in [0.29, 0.717) is 0 Å². The van der Waals surface area contributed by atoms with Crippen LogP contribution in [0.25, 0.3) is 0 Å². The Bertz CT molecular complexity index is 452. The average Bonchev–Trinajstić information content (AvgIpc) is 2.68. The summed E-state index contributed by atoms with van der Waals surface area (Å²) in [6, 6.07) is 6.77. The van der Waals surface area contributed by atoms with Gasteiger partial charge in [0.2, 0.25) is 0 Å². The van der Waals surface area contributed by atoms with Crippen LogP contribution in [-0.4, -0.2) is 0 Å². The van der Waals surface area contributed by atoms with Crippen molar-refractivity contribution in [2.24, 2.45) is 0 Å². The van der Waals surface area contributed by atoms with Crippen molar-refractivity contribution in [1.29, 1.82) is 0 Å². The summed E-state index contributed by atoms with van der Waals surface area (Å²) in [7, 11) is 0. The van der Waals surface area contributed by atoms with Gasteiger partial charge in [0.05, 0.1) is 0 Å². The quantitative estimate of drug-likeness (QED) is 0.202. The molecule has 0 heterocycles. The monoisotopic (exact) mass is 373 g/mol. The van der Waals surface area contributed by atoms with Crippen LogP contribution in [0.1, 0.15) is 128 Å². The summed E-state index contributed by atoms with van der Waals surface area (Å²) in [6.45, 7) is 4.57. The van der Waals surface area contributed by atoms with Gasteiger partial charge in [-0.1, -0.05) is 116 Å². The summed E-state index contributed by atoms with van der Waals surface area (Å²) in [5, 5.41) is 0. The van der Waals surface area contributed by atoms with E-state index in [9.17, 15) is 0 Å². The molecule has 0 aliphatic rings. The molecule has 0 fully saturated rings. The number of nitrogen functional groups attached to an aromatic ring is 1. The van der Waals surface area contributed by atoms with Gasteiger partial charge in [-0.3, -0.25) is 0 Å². The lowest BCUT2D eigenvalue weighted by atomic mass is 9.98. The summed E-state index contributed by atoms with van der Waals surface area (Å²) in [5.74, 6) is 0. The van der Waals surface area contributed by atoms with E-state index in [4.69, 9.17) is 5.73 Å². The van der Waals surface area contributed by atoms with Crippen LogP contribution in [0.4, 0.5) is 5.69 Å². The molecule has 1 rings (SSSR count). The van der Waals surface area contributed by atoms with Gasteiger partial charge in [0.25, 0.3) is 0 Å². The Morgan fingerprint density at radius 2 is 1.00 bits per heavy atom. The Kier molecular flexibility index (Phi) is 15.3. The first-order valence-corrected chi connectivity index (χ1v) is 12.1. The first-order valence-electron chi connectivity index (χ1n) is 12.1. The molecule has 0 unspecified atom stereocenters. The lowest BCUT2D eigenvalue weighted by molar-refractivity contribution is 0.574. The van der Waals surface area contributed by atoms with Crippen LogP contribution in [0.5, 0.6) is 0 Å². The molecule has 2 N–H and O–H groups in total. The van der Waals surface area contributed by atoms with Crippen LogP contribution >= 0.6 is 0 Å². The number of benzene rings is 1. The minimum atomic E-state index is 0.998. The van der Waals surface area contributed by atoms with Crippen LogP contribution in [-0.2, 0) is 12.8 Å². The molecule has 0 saturated carbocycles. The fourth-order valence-electron chi connectivity index (χ4n) is 3.94. The molecule has 0 bridgehead atoms. The maximum Gasteiger partial charge on any atom is 0.0346 e. The molecule has 0 amide bonds. The van der Waals surface area contributed by atoms with Crippen LogP contribution in [0.2, 0.25) is 0 Å². The van der Waals surface area contributed by atoms with Gasteiger partial charge in [0, 0.05) is 5.69 Å². The Balaban J connectivity index is 2.14. The third-order valence-corrected chi connectivity index (χ3v) is 5.83. The van der Waals surface area contributed by atoms with E-state index in [2.05, 4.69) is 32.0 Å². The van der Waals surface area contributed by atoms with E-state index in [1.165, 1.54) is 120 Å². The van der Waals surface area contributed by atoms with Gasteiger partial charge in [-0.05, 0) is 42.9 Å². The van der Waals surface area contributed by atoms with Crippen LogP contribution < -0.4 is 5.73 Å². The van der Waals surface area contributed by atoms with Gasteiger partial charge in [0.1, 0.15) is 0 Å². The predicted octanol–water partition coefficient (Wildman–Crippen LogP) is 8.64. The third kappa shape index (κ3) is 12.9. The highest BCUT2D eigenvalue weighted by Crippen LogP contribution is 2.20. The van der Waals surface area contributed by atoms with E-state index in [0.717, 1.165) is 12.1 Å². The highest BCUT2D eigenvalue weighted by atomic mass is 14.6. The van der Waals surface area contributed by atoms with E-state index < -0.39 is 0 Å². The van der Waals surface area contributed by atoms with Crippen molar-refractivity contribution in [3.8, 4) is 0 Å². The molecular weight excluding hydrogens is 326 g/mol. The maximum absolute atomic E-state index is 6.22. The highest BCUT2D eigenvalue weighted by Gasteiger charge is 2.02. The smallest absolute Gasteiger partial charge is 0.0346 e. The molecule has 0 spiro atoms. The van der Waals surface area contributed by atoms with E-state index in [1.54, 1.807) is 0 Å². The van der Waals surface area contributed by atoms with Crippen LogP contribution in [0.15, 0.2) is 18.2 Å². The van der Waals surface area contributed by atoms with Crippen molar-refractivity contribution < 1.29 is 0 Å². The largest absolute Gasteiger partial charge is 0.399 e. The zero-order chi connectivity index (χ0) is 19.6. The second kappa shape index (κ2) is 17.1. The van der Waals surface area contributed by atoms with E-state index >= 15 is 0 Å². The molecule has 0 radical (unpaired) electrons. The number of rotatable bonds is 18. The topological polar surface area (TPSA) is 26.0 Å². The van der Waals surface area contributed by atoms with Crippen LogP contribution in [0, 0.1) is 0 Å². The number of unbranched alkanes of at least 4 members (excludes halogenated alkanes) is 14. The molecule has 27 heavy (non-hydrogen) atoms. The minimum absolute atomic E-state index is 0.998. The standard InChI is InChI=1S/C26H47N/c1-3-5-7-9-11-13-15-17-19-24-21-22-26(27)25(23-24)20-18-16-14-12-10-8-6-4-2/h21-23H,3-20,27H2,1-2H3. The number of anilines is 1. The number of aryl methyl sites for hydroxylation is 2. The normalized spacial score (nSPS) is 11.2. The Hall–Kier alpha value is -0.980. The van der Waals surface area contributed by atoms with Crippen molar-refractivity contribution in [2.45, 2.75) is 129 Å². The fourth-order valence-corrected chi connectivity index (χ4v) is 3.94. The molecule has 1 nitrogen and oxygen atoms in total. The van der Waals surface area contributed by atoms with E-state index in [1.807, 2.05) is 0 Å². The maximum atomic E-state index is 6.22. The zero-order valence-corrected chi connectivity index (χ0v) is 18.5. The number of hydrogen-bond donors (Lipinski definition) is 1. The van der Waals surface area contributed by atoms with Crippen molar-refractivity contribution in [3.63, 3.8) is 0 Å². The van der Waals surface area contributed by atoms with Gasteiger partial charge in [-0.25, -0.2) is 0 Å². The van der Waals surface area contributed by atoms with Crippen molar-refractivity contribution >= 4 is 5.69 Å².